The Kier molecular flexibility index (Phi) is 5.52. The molecule has 0 aromatic rings. The first-order chi connectivity index (χ1) is 8.81. The molecule has 0 spiro atoms. The average molecular weight is 288 g/mol. The third kappa shape index (κ3) is 4.60. The van der Waals surface area contributed by atoms with E-state index >= 15 is 0 Å². The first kappa shape index (κ1) is 16.1. The Morgan fingerprint density at radius 1 is 1.47 bits per heavy atom. The highest BCUT2D eigenvalue weighted by Gasteiger charge is 2.35. The summed E-state index contributed by atoms with van der Waals surface area (Å²) in [5.74, 6) is 0.133. The Bertz CT molecular complexity index is 343. The molecule has 1 rings (SSSR count). The van der Waals surface area contributed by atoms with E-state index in [-0.39, 0.29) is 4.75 Å². The van der Waals surface area contributed by atoms with Crippen molar-refractivity contribution in [2.75, 3.05) is 12.3 Å². The fourth-order valence-electron chi connectivity index (χ4n) is 2.26. The third-order valence-electron chi connectivity index (χ3n) is 3.53. The van der Waals surface area contributed by atoms with Gasteiger partial charge in [-0.05, 0) is 38.9 Å². The van der Waals surface area contributed by atoms with Crippen LogP contribution in [0.15, 0.2) is 0 Å². The molecule has 0 aliphatic carbocycles. The average Bonchev–Trinajstić information content (AvgIpc) is 2.74. The molecule has 1 aliphatic rings. The van der Waals surface area contributed by atoms with Gasteiger partial charge >= 0.3 is 12.0 Å². The van der Waals surface area contributed by atoms with Crippen molar-refractivity contribution in [2.24, 2.45) is 0 Å². The number of carboxylic acids is 1. The zero-order valence-electron chi connectivity index (χ0n) is 11.9. The maximum Gasteiger partial charge on any atom is 0.329 e. The van der Waals surface area contributed by atoms with Crippen molar-refractivity contribution in [3.05, 3.63) is 0 Å². The van der Waals surface area contributed by atoms with Crippen LogP contribution in [-0.2, 0) is 4.79 Å². The van der Waals surface area contributed by atoms with Gasteiger partial charge in [0.2, 0.25) is 0 Å². The summed E-state index contributed by atoms with van der Waals surface area (Å²) in [6.07, 6.45) is 3.38. The van der Waals surface area contributed by atoms with Gasteiger partial charge in [0.25, 0.3) is 0 Å². The third-order valence-corrected chi connectivity index (χ3v) is 5.07. The van der Waals surface area contributed by atoms with Crippen LogP contribution in [0.2, 0.25) is 0 Å². The van der Waals surface area contributed by atoms with Gasteiger partial charge in [-0.3, -0.25) is 0 Å². The number of hydrogen-bond acceptors (Lipinski definition) is 3. The summed E-state index contributed by atoms with van der Waals surface area (Å²) in [6, 6.07) is -0.396. The molecule has 5 nitrogen and oxygen atoms in total. The molecule has 1 aliphatic heterocycles. The molecule has 2 atom stereocenters. The highest BCUT2D eigenvalue weighted by Crippen LogP contribution is 2.36. The maximum absolute atomic E-state index is 11.8. The standard InChI is InChI=1S/C13H24N2O3S/c1-4-6-13(3,10(16)17)15-11(18)14-9-12(2)7-5-8-19-12/h4-9H2,1-3H3,(H,16,17)(H2,14,15,18). The normalized spacial score (nSPS) is 25.6. The van der Waals surface area contributed by atoms with E-state index in [0.717, 1.165) is 12.2 Å². The molecule has 1 saturated heterocycles. The fraction of sp³-hybridized carbons (Fsp3) is 0.846. The minimum Gasteiger partial charge on any atom is -0.480 e. The number of rotatable bonds is 6. The molecule has 0 radical (unpaired) electrons. The Hall–Kier alpha value is -0.910. The van der Waals surface area contributed by atoms with E-state index in [9.17, 15) is 14.7 Å². The molecule has 19 heavy (non-hydrogen) atoms. The summed E-state index contributed by atoms with van der Waals surface area (Å²) in [7, 11) is 0. The predicted octanol–water partition coefficient (Wildman–Crippen LogP) is 2.21. The molecule has 0 aromatic carbocycles. The van der Waals surface area contributed by atoms with Gasteiger partial charge in [-0.15, -0.1) is 0 Å². The summed E-state index contributed by atoms with van der Waals surface area (Å²) in [5.41, 5.74) is -1.19. The highest BCUT2D eigenvalue weighted by molar-refractivity contribution is 8.00. The van der Waals surface area contributed by atoms with Crippen LogP contribution in [0, 0.1) is 0 Å². The molecule has 2 unspecified atom stereocenters. The van der Waals surface area contributed by atoms with Crippen LogP contribution < -0.4 is 10.6 Å². The summed E-state index contributed by atoms with van der Waals surface area (Å²) in [4.78, 5) is 23.1. The van der Waals surface area contributed by atoms with Gasteiger partial charge in [0.1, 0.15) is 5.54 Å². The Labute approximate surface area is 118 Å². The number of carboxylic acid groups (broad SMARTS) is 1. The second-order valence-corrected chi connectivity index (χ2v) is 7.28. The topological polar surface area (TPSA) is 78.4 Å². The van der Waals surface area contributed by atoms with Crippen LogP contribution in [0.25, 0.3) is 0 Å². The summed E-state index contributed by atoms with van der Waals surface area (Å²) in [6.45, 7) is 6.15. The lowest BCUT2D eigenvalue weighted by atomic mass is 9.96. The quantitative estimate of drug-likeness (QED) is 0.700. The summed E-state index contributed by atoms with van der Waals surface area (Å²) in [5, 5.41) is 14.6. The van der Waals surface area contributed by atoms with Crippen LogP contribution in [0.1, 0.15) is 46.5 Å². The van der Waals surface area contributed by atoms with Crippen molar-refractivity contribution < 1.29 is 14.7 Å². The second-order valence-electron chi connectivity index (χ2n) is 5.60. The first-order valence-electron chi connectivity index (χ1n) is 6.75. The molecule has 0 saturated carbocycles. The zero-order chi connectivity index (χ0) is 14.5. The van der Waals surface area contributed by atoms with Gasteiger partial charge in [-0.1, -0.05) is 13.3 Å². The van der Waals surface area contributed by atoms with E-state index in [1.165, 1.54) is 6.42 Å². The molecule has 1 fully saturated rings. The minimum absolute atomic E-state index is 0.0850. The van der Waals surface area contributed by atoms with Crippen molar-refractivity contribution in [1.29, 1.82) is 0 Å². The number of hydrogen-bond donors (Lipinski definition) is 3. The molecule has 3 N–H and O–H groups in total. The molecule has 0 aromatic heterocycles. The highest BCUT2D eigenvalue weighted by atomic mass is 32.2. The Morgan fingerprint density at radius 2 is 2.16 bits per heavy atom. The molecular weight excluding hydrogens is 264 g/mol. The lowest BCUT2D eigenvalue weighted by Crippen LogP contribution is -2.56. The van der Waals surface area contributed by atoms with Crippen molar-refractivity contribution in [2.45, 2.75) is 56.7 Å². The van der Waals surface area contributed by atoms with Crippen LogP contribution in [0.4, 0.5) is 4.79 Å². The largest absolute Gasteiger partial charge is 0.480 e. The van der Waals surface area contributed by atoms with Gasteiger partial charge in [0.15, 0.2) is 0 Å². The van der Waals surface area contributed by atoms with Gasteiger partial charge in [-0.2, -0.15) is 11.8 Å². The van der Waals surface area contributed by atoms with Crippen LogP contribution in [0.5, 0.6) is 0 Å². The monoisotopic (exact) mass is 288 g/mol. The maximum atomic E-state index is 11.8. The van der Waals surface area contributed by atoms with E-state index in [1.807, 2.05) is 18.7 Å². The summed E-state index contributed by atoms with van der Waals surface area (Å²) < 4.78 is 0.0850. The number of thioether (sulfide) groups is 1. The van der Waals surface area contributed by atoms with E-state index in [2.05, 4.69) is 17.6 Å². The van der Waals surface area contributed by atoms with Crippen molar-refractivity contribution >= 4 is 23.8 Å². The predicted molar refractivity (Wildman–Crippen MR) is 77.6 cm³/mol. The van der Waals surface area contributed by atoms with Crippen molar-refractivity contribution in [3.8, 4) is 0 Å². The van der Waals surface area contributed by atoms with Gasteiger partial charge in [-0.25, -0.2) is 9.59 Å². The van der Waals surface area contributed by atoms with Crippen LogP contribution >= 0.6 is 11.8 Å². The number of carbonyl (C=O) groups is 2. The molecule has 110 valence electrons. The van der Waals surface area contributed by atoms with Crippen molar-refractivity contribution in [1.82, 2.24) is 10.6 Å². The lowest BCUT2D eigenvalue weighted by molar-refractivity contribution is -0.144. The SMILES string of the molecule is CCCC(C)(NC(=O)NCC1(C)CCCS1)C(=O)O. The lowest BCUT2D eigenvalue weighted by Gasteiger charge is -2.28. The van der Waals surface area contributed by atoms with Gasteiger partial charge in [0, 0.05) is 11.3 Å². The van der Waals surface area contributed by atoms with E-state index in [4.69, 9.17) is 0 Å². The smallest absolute Gasteiger partial charge is 0.329 e. The van der Waals surface area contributed by atoms with Gasteiger partial charge in [0.05, 0.1) is 0 Å². The summed E-state index contributed by atoms with van der Waals surface area (Å²) >= 11 is 1.86. The minimum atomic E-state index is -1.19. The van der Waals surface area contributed by atoms with Crippen LogP contribution in [-0.4, -0.2) is 39.7 Å². The fourth-order valence-corrected chi connectivity index (χ4v) is 3.51. The number of aliphatic carboxylic acids is 1. The van der Waals surface area contributed by atoms with Crippen molar-refractivity contribution in [3.63, 3.8) is 0 Å². The van der Waals surface area contributed by atoms with Crippen LogP contribution in [0.3, 0.4) is 0 Å². The molecule has 0 bridgehead atoms. The van der Waals surface area contributed by atoms with Gasteiger partial charge < -0.3 is 15.7 Å². The van der Waals surface area contributed by atoms with E-state index in [1.54, 1.807) is 6.92 Å². The van der Waals surface area contributed by atoms with E-state index < -0.39 is 17.5 Å². The first-order valence-corrected chi connectivity index (χ1v) is 7.73. The molecule has 6 heteroatoms. The number of carbonyl (C=O) groups excluding carboxylic acids is 1. The van der Waals surface area contributed by atoms with E-state index in [0.29, 0.717) is 19.4 Å². The zero-order valence-corrected chi connectivity index (χ0v) is 12.7. The molecular formula is C13H24N2O3S. The number of amides is 2. The number of nitrogens with one attached hydrogen (secondary N) is 2. The Morgan fingerprint density at radius 3 is 2.63 bits per heavy atom. The molecule has 1 heterocycles. The Balaban J connectivity index is 2.47. The second kappa shape index (κ2) is 6.50. The molecule has 2 amide bonds. The number of urea groups is 1.